The van der Waals surface area contributed by atoms with Crippen molar-refractivity contribution in [2.45, 2.75) is 13.8 Å². The molecule has 116 valence electrons. The molecule has 5 nitrogen and oxygen atoms in total. The number of aryl methyl sites for hydroxylation is 2. The molecule has 0 unspecified atom stereocenters. The van der Waals surface area contributed by atoms with Crippen LogP contribution in [0.2, 0.25) is 0 Å². The summed E-state index contributed by atoms with van der Waals surface area (Å²) in [5, 5.41) is 4.08. The van der Waals surface area contributed by atoms with E-state index in [1.165, 1.54) is 17.4 Å². The normalized spacial score (nSPS) is 16.9. The van der Waals surface area contributed by atoms with Gasteiger partial charge in [0.25, 0.3) is 11.8 Å². The molecular weight excluding hydrogens is 312 g/mol. The molecule has 4 amide bonds. The van der Waals surface area contributed by atoms with Gasteiger partial charge in [0, 0.05) is 4.88 Å². The van der Waals surface area contributed by atoms with Crippen LogP contribution in [0.15, 0.2) is 41.3 Å². The molecule has 0 radical (unpaired) electrons. The summed E-state index contributed by atoms with van der Waals surface area (Å²) in [5.74, 6) is -1.28. The van der Waals surface area contributed by atoms with E-state index in [1.54, 1.807) is 12.1 Å². The third-order valence-corrected chi connectivity index (χ3v) is 4.36. The van der Waals surface area contributed by atoms with Crippen LogP contribution in [-0.4, -0.2) is 17.8 Å². The molecule has 0 spiro atoms. The predicted octanol–water partition coefficient (Wildman–Crippen LogP) is 3.03. The minimum absolute atomic E-state index is 0.0482. The Morgan fingerprint density at radius 2 is 1.91 bits per heavy atom. The van der Waals surface area contributed by atoms with Crippen LogP contribution >= 0.6 is 11.3 Å². The van der Waals surface area contributed by atoms with Crippen LogP contribution in [-0.2, 0) is 9.59 Å². The maximum Gasteiger partial charge on any atom is 0.335 e. The lowest BCUT2D eigenvalue weighted by atomic mass is 10.1. The van der Waals surface area contributed by atoms with Gasteiger partial charge in [0.1, 0.15) is 5.57 Å². The number of nitrogens with zero attached hydrogens (tertiary/aromatic N) is 1. The third-order valence-electron chi connectivity index (χ3n) is 3.54. The largest absolute Gasteiger partial charge is 0.335 e. The first-order valence-electron chi connectivity index (χ1n) is 6.99. The van der Waals surface area contributed by atoms with E-state index in [9.17, 15) is 14.4 Å². The molecule has 2 heterocycles. The number of thiophene rings is 1. The lowest BCUT2D eigenvalue weighted by Gasteiger charge is -2.27. The van der Waals surface area contributed by atoms with Gasteiger partial charge in [-0.2, -0.15) is 0 Å². The Labute approximate surface area is 137 Å². The van der Waals surface area contributed by atoms with Crippen molar-refractivity contribution < 1.29 is 14.4 Å². The number of nitrogens with one attached hydrogen (secondary N) is 1. The van der Waals surface area contributed by atoms with E-state index in [-0.39, 0.29) is 5.57 Å². The number of amides is 4. The molecule has 1 saturated heterocycles. The van der Waals surface area contributed by atoms with Crippen molar-refractivity contribution in [2.75, 3.05) is 4.90 Å². The number of hydrogen-bond donors (Lipinski definition) is 1. The zero-order valence-corrected chi connectivity index (χ0v) is 13.4. The molecule has 0 saturated carbocycles. The lowest BCUT2D eigenvalue weighted by molar-refractivity contribution is -0.122. The highest BCUT2D eigenvalue weighted by atomic mass is 32.1. The van der Waals surface area contributed by atoms with Crippen molar-refractivity contribution in [1.29, 1.82) is 0 Å². The smallest absolute Gasteiger partial charge is 0.273 e. The molecule has 0 bridgehead atoms. The summed E-state index contributed by atoms with van der Waals surface area (Å²) in [7, 11) is 0. The Balaban J connectivity index is 2.07. The minimum Gasteiger partial charge on any atom is -0.273 e. The van der Waals surface area contributed by atoms with Crippen LogP contribution in [0.3, 0.4) is 0 Å². The van der Waals surface area contributed by atoms with E-state index in [0.29, 0.717) is 5.69 Å². The molecule has 0 aliphatic carbocycles. The standard InChI is InChI=1S/C17H14N2O3S/c1-10-5-6-11(2)14(8-10)19-16(21)13(15(20)18-17(19)22)9-12-4-3-7-23-12/h3-9H,1-2H3,(H,18,20,22)/b13-9-. The first-order valence-corrected chi connectivity index (χ1v) is 7.87. The van der Waals surface area contributed by atoms with Gasteiger partial charge >= 0.3 is 6.03 Å². The van der Waals surface area contributed by atoms with Crippen molar-refractivity contribution in [3.8, 4) is 0 Å². The van der Waals surface area contributed by atoms with E-state index < -0.39 is 17.8 Å². The Kier molecular flexibility index (Phi) is 3.83. The zero-order chi connectivity index (χ0) is 16.6. The molecule has 1 aliphatic rings. The van der Waals surface area contributed by atoms with Gasteiger partial charge in [0.15, 0.2) is 0 Å². The maximum absolute atomic E-state index is 12.7. The molecule has 1 N–H and O–H groups in total. The van der Waals surface area contributed by atoms with Gasteiger partial charge in [-0.25, -0.2) is 9.69 Å². The summed E-state index contributed by atoms with van der Waals surface area (Å²) in [6.45, 7) is 3.69. The third kappa shape index (κ3) is 2.80. The van der Waals surface area contributed by atoms with Gasteiger partial charge in [0.05, 0.1) is 5.69 Å². The summed E-state index contributed by atoms with van der Waals surface area (Å²) < 4.78 is 0. The molecule has 6 heteroatoms. The highest BCUT2D eigenvalue weighted by molar-refractivity contribution is 7.10. The van der Waals surface area contributed by atoms with E-state index in [1.807, 2.05) is 37.4 Å². The summed E-state index contributed by atoms with van der Waals surface area (Å²) in [5.41, 5.74) is 2.14. The predicted molar refractivity (Wildman–Crippen MR) is 89.2 cm³/mol. The van der Waals surface area contributed by atoms with Crippen molar-refractivity contribution in [1.82, 2.24) is 5.32 Å². The molecule has 1 aromatic carbocycles. The maximum atomic E-state index is 12.7. The molecule has 23 heavy (non-hydrogen) atoms. The van der Waals surface area contributed by atoms with Crippen molar-refractivity contribution in [3.05, 3.63) is 57.3 Å². The van der Waals surface area contributed by atoms with Crippen LogP contribution in [0.25, 0.3) is 6.08 Å². The highest BCUT2D eigenvalue weighted by Crippen LogP contribution is 2.26. The highest BCUT2D eigenvalue weighted by Gasteiger charge is 2.37. The Morgan fingerprint density at radius 1 is 1.13 bits per heavy atom. The molecule has 0 atom stereocenters. The van der Waals surface area contributed by atoms with Crippen molar-refractivity contribution in [3.63, 3.8) is 0 Å². The van der Waals surface area contributed by atoms with Crippen molar-refractivity contribution >= 4 is 40.9 Å². The summed E-state index contributed by atoms with van der Waals surface area (Å²) in [6, 6.07) is 8.40. The van der Waals surface area contributed by atoms with E-state index in [2.05, 4.69) is 5.32 Å². The number of imide groups is 2. The monoisotopic (exact) mass is 326 g/mol. The fourth-order valence-corrected chi connectivity index (χ4v) is 3.01. The van der Waals surface area contributed by atoms with Crippen LogP contribution in [0.1, 0.15) is 16.0 Å². The summed E-state index contributed by atoms with van der Waals surface area (Å²) in [6.07, 6.45) is 1.51. The molecular formula is C17H14N2O3S. The first kappa shape index (κ1) is 15.2. The molecule has 1 aliphatic heterocycles. The van der Waals surface area contributed by atoms with Gasteiger partial charge in [-0.1, -0.05) is 18.2 Å². The second-order valence-electron chi connectivity index (χ2n) is 5.26. The first-order chi connectivity index (χ1) is 11.0. The number of benzene rings is 1. The average molecular weight is 326 g/mol. The SMILES string of the molecule is Cc1ccc(C)c(N2C(=O)NC(=O)/C(=C/c3cccs3)C2=O)c1. The van der Waals surface area contributed by atoms with Crippen LogP contribution < -0.4 is 10.2 Å². The number of rotatable bonds is 2. The van der Waals surface area contributed by atoms with Gasteiger partial charge in [0.2, 0.25) is 0 Å². The van der Waals surface area contributed by atoms with E-state index in [4.69, 9.17) is 0 Å². The fraction of sp³-hybridized carbons (Fsp3) is 0.118. The van der Waals surface area contributed by atoms with Gasteiger partial charge in [-0.15, -0.1) is 11.3 Å². The summed E-state index contributed by atoms with van der Waals surface area (Å²) in [4.78, 5) is 38.7. The number of carbonyl (C=O) groups is 3. The lowest BCUT2D eigenvalue weighted by Crippen LogP contribution is -2.54. The molecule has 2 aromatic rings. The molecule has 3 rings (SSSR count). The number of barbiturate groups is 1. The number of urea groups is 1. The van der Waals surface area contributed by atoms with Crippen molar-refractivity contribution in [2.24, 2.45) is 0 Å². The van der Waals surface area contributed by atoms with Crippen LogP contribution in [0.5, 0.6) is 0 Å². The van der Waals surface area contributed by atoms with Crippen LogP contribution in [0.4, 0.5) is 10.5 Å². The Morgan fingerprint density at radius 3 is 2.61 bits per heavy atom. The Hall–Kier alpha value is -2.73. The number of anilines is 1. The number of hydrogen-bond acceptors (Lipinski definition) is 4. The molecule has 1 fully saturated rings. The minimum atomic E-state index is -0.725. The second kappa shape index (κ2) is 5.81. The van der Waals surface area contributed by atoms with Gasteiger partial charge in [-0.05, 0) is 48.6 Å². The topological polar surface area (TPSA) is 66.5 Å². The quantitative estimate of drug-likeness (QED) is 0.681. The molecule has 1 aromatic heterocycles. The second-order valence-corrected chi connectivity index (χ2v) is 6.24. The van der Waals surface area contributed by atoms with E-state index >= 15 is 0 Å². The zero-order valence-electron chi connectivity index (χ0n) is 12.6. The Bertz CT molecular complexity index is 838. The average Bonchev–Trinajstić information content (AvgIpc) is 3.00. The van der Waals surface area contributed by atoms with Gasteiger partial charge in [-0.3, -0.25) is 14.9 Å². The van der Waals surface area contributed by atoms with Crippen LogP contribution in [0, 0.1) is 13.8 Å². The summed E-state index contributed by atoms with van der Waals surface area (Å²) >= 11 is 1.41. The number of carbonyl (C=O) groups excluding carboxylic acids is 3. The van der Waals surface area contributed by atoms with E-state index in [0.717, 1.165) is 20.9 Å². The fourth-order valence-electron chi connectivity index (χ4n) is 2.35. The van der Waals surface area contributed by atoms with Gasteiger partial charge < -0.3 is 0 Å².